The first-order valence-corrected chi connectivity index (χ1v) is 5.35. The maximum Gasteiger partial charge on any atom is 0.213 e. The molecule has 1 aromatic carbocycles. The van der Waals surface area contributed by atoms with Crippen molar-refractivity contribution in [1.29, 1.82) is 0 Å². The van der Waals surface area contributed by atoms with Gasteiger partial charge in [-0.2, -0.15) is 4.99 Å². The zero-order chi connectivity index (χ0) is 11.0. The Morgan fingerprint density at radius 2 is 1.93 bits per heavy atom. The Morgan fingerprint density at radius 1 is 1.27 bits per heavy atom. The van der Waals surface area contributed by atoms with Crippen LogP contribution in [0.25, 0.3) is 10.2 Å². The van der Waals surface area contributed by atoms with E-state index in [0.29, 0.717) is 5.13 Å². The lowest BCUT2D eigenvalue weighted by Gasteiger charge is -1.96. The topological polar surface area (TPSA) is 77.3 Å². The molecule has 0 unspecified atom stereocenters. The van der Waals surface area contributed by atoms with Gasteiger partial charge in [-0.05, 0) is 37.1 Å². The number of aromatic nitrogens is 1. The average Bonchev–Trinajstić information content (AvgIpc) is 2.46. The number of rotatable bonds is 1. The predicted molar refractivity (Wildman–Crippen MR) is 64.6 cm³/mol. The summed E-state index contributed by atoms with van der Waals surface area (Å²) in [6.45, 7) is 4.14. The maximum absolute atomic E-state index is 5.30. The molecule has 0 saturated carbocycles. The smallest absolute Gasteiger partial charge is 0.213 e. The second-order valence-electron chi connectivity index (χ2n) is 3.44. The van der Waals surface area contributed by atoms with Crippen molar-refractivity contribution in [2.24, 2.45) is 16.5 Å². The molecule has 0 aliphatic heterocycles. The lowest BCUT2D eigenvalue weighted by molar-refractivity contribution is 1.33. The van der Waals surface area contributed by atoms with Crippen LogP contribution in [-0.4, -0.2) is 10.9 Å². The van der Waals surface area contributed by atoms with E-state index in [4.69, 9.17) is 11.5 Å². The van der Waals surface area contributed by atoms with Gasteiger partial charge in [0.05, 0.1) is 10.2 Å². The second kappa shape index (κ2) is 3.51. The summed E-state index contributed by atoms with van der Waals surface area (Å²) in [4.78, 5) is 8.26. The third-order valence-electron chi connectivity index (χ3n) is 2.22. The number of aliphatic imine (C=N–C) groups is 1. The Morgan fingerprint density at radius 3 is 2.60 bits per heavy atom. The van der Waals surface area contributed by atoms with Crippen molar-refractivity contribution in [3.8, 4) is 0 Å². The molecule has 0 radical (unpaired) electrons. The highest BCUT2D eigenvalue weighted by Gasteiger charge is 2.04. The fourth-order valence-corrected chi connectivity index (χ4v) is 2.26. The standard InChI is InChI=1S/C10H12N4S/c1-5-3-7-8(4-6(5)2)15-10(13-7)14-9(11)12/h3-4H,1-2H3,(H4,11,12,13,14). The summed E-state index contributed by atoms with van der Waals surface area (Å²) in [5.41, 5.74) is 14.0. The second-order valence-corrected chi connectivity index (χ2v) is 4.45. The number of nitrogens with zero attached hydrogens (tertiary/aromatic N) is 2. The van der Waals surface area contributed by atoms with E-state index in [1.54, 1.807) is 0 Å². The molecule has 0 atom stereocenters. The zero-order valence-electron chi connectivity index (χ0n) is 8.61. The van der Waals surface area contributed by atoms with Crippen LogP contribution in [-0.2, 0) is 0 Å². The van der Waals surface area contributed by atoms with Crippen LogP contribution in [0.4, 0.5) is 5.13 Å². The van der Waals surface area contributed by atoms with Crippen LogP contribution < -0.4 is 11.5 Å². The Kier molecular flexibility index (Phi) is 2.32. The molecule has 4 nitrogen and oxygen atoms in total. The molecule has 0 aliphatic carbocycles. The van der Waals surface area contributed by atoms with Gasteiger partial charge in [0, 0.05) is 0 Å². The van der Waals surface area contributed by atoms with E-state index in [0.717, 1.165) is 10.2 Å². The maximum atomic E-state index is 5.30. The van der Waals surface area contributed by atoms with E-state index < -0.39 is 0 Å². The number of hydrogen-bond acceptors (Lipinski definition) is 3. The lowest BCUT2D eigenvalue weighted by atomic mass is 10.1. The first-order chi connectivity index (χ1) is 7.06. The van der Waals surface area contributed by atoms with Crippen LogP contribution in [0.1, 0.15) is 11.1 Å². The van der Waals surface area contributed by atoms with Crippen molar-refractivity contribution in [3.05, 3.63) is 23.3 Å². The fourth-order valence-electron chi connectivity index (χ4n) is 1.33. The van der Waals surface area contributed by atoms with Crippen LogP contribution >= 0.6 is 11.3 Å². The summed E-state index contributed by atoms with van der Waals surface area (Å²) in [6.07, 6.45) is 0. The van der Waals surface area contributed by atoms with E-state index >= 15 is 0 Å². The van der Waals surface area contributed by atoms with Crippen LogP contribution in [0, 0.1) is 13.8 Å². The Bertz CT molecular complexity index is 499. The summed E-state index contributed by atoms with van der Waals surface area (Å²) >= 11 is 1.49. The fraction of sp³-hybridized carbons (Fsp3) is 0.200. The molecule has 1 heterocycles. The highest BCUT2D eigenvalue weighted by molar-refractivity contribution is 7.22. The van der Waals surface area contributed by atoms with E-state index in [-0.39, 0.29) is 5.96 Å². The molecule has 0 aliphatic rings. The SMILES string of the molecule is Cc1cc2nc(N=C(N)N)sc2cc1C. The number of aryl methyl sites for hydroxylation is 2. The minimum Gasteiger partial charge on any atom is -0.370 e. The van der Waals surface area contributed by atoms with Crippen molar-refractivity contribution in [2.45, 2.75) is 13.8 Å². The third-order valence-corrected chi connectivity index (χ3v) is 3.13. The van der Waals surface area contributed by atoms with Crippen molar-refractivity contribution in [2.75, 3.05) is 0 Å². The molecule has 0 fully saturated rings. The van der Waals surface area contributed by atoms with Crippen molar-refractivity contribution in [3.63, 3.8) is 0 Å². The molecule has 0 saturated heterocycles. The highest BCUT2D eigenvalue weighted by Crippen LogP contribution is 2.29. The molecule has 0 bridgehead atoms. The molecular formula is C10H12N4S. The largest absolute Gasteiger partial charge is 0.370 e. The van der Waals surface area contributed by atoms with Gasteiger partial charge in [0.15, 0.2) is 5.96 Å². The molecule has 1 aromatic heterocycles. The zero-order valence-corrected chi connectivity index (χ0v) is 9.43. The quantitative estimate of drug-likeness (QED) is 0.568. The highest BCUT2D eigenvalue weighted by atomic mass is 32.1. The van der Waals surface area contributed by atoms with Gasteiger partial charge in [-0.1, -0.05) is 11.3 Å². The molecule has 2 rings (SSSR count). The van der Waals surface area contributed by atoms with Gasteiger partial charge in [0.25, 0.3) is 0 Å². The van der Waals surface area contributed by atoms with Crippen LogP contribution in [0.2, 0.25) is 0 Å². The van der Waals surface area contributed by atoms with Crippen molar-refractivity contribution in [1.82, 2.24) is 4.98 Å². The number of thiazole rings is 1. The van der Waals surface area contributed by atoms with Crippen molar-refractivity contribution < 1.29 is 0 Å². The minimum atomic E-state index is 0.0440. The molecular weight excluding hydrogens is 208 g/mol. The Hall–Kier alpha value is -1.62. The molecule has 4 N–H and O–H groups in total. The van der Waals surface area contributed by atoms with Gasteiger partial charge in [-0.15, -0.1) is 0 Å². The molecule has 0 amide bonds. The third kappa shape index (κ3) is 1.92. The molecule has 2 aromatic rings. The summed E-state index contributed by atoms with van der Waals surface area (Å²) in [7, 11) is 0. The van der Waals surface area contributed by atoms with E-state index in [1.807, 2.05) is 6.07 Å². The number of benzene rings is 1. The van der Waals surface area contributed by atoms with E-state index in [2.05, 4.69) is 29.9 Å². The summed E-state index contributed by atoms with van der Waals surface area (Å²) in [5, 5.41) is 0.606. The predicted octanol–water partition coefficient (Wildman–Crippen LogP) is 1.82. The Labute approximate surface area is 91.6 Å². The van der Waals surface area contributed by atoms with Crippen LogP contribution in [0.15, 0.2) is 17.1 Å². The van der Waals surface area contributed by atoms with E-state index in [1.165, 1.54) is 22.5 Å². The van der Waals surface area contributed by atoms with Gasteiger partial charge in [0.1, 0.15) is 0 Å². The van der Waals surface area contributed by atoms with E-state index in [9.17, 15) is 0 Å². The molecule has 0 spiro atoms. The first kappa shape index (κ1) is 9.92. The van der Waals surface area contributed by atoms with Crippen molar-refractivity contribution >= 4 is 32.6 Å². The van der Waals surface area contributed by atoms with Gasteiger partial charge >= 0.3 is 0 Å². The minimum absolute atomic E-state index is 0.0440. The lowest BCUT2D eigenvalue weighted by Crippen LogP contribution is -2.21. The average molecular weight is 220 g/mol. The number of hydrogen-bond donors (Lipinski definition) is 2. The van der Waals surface area contributed by atoms with Gasteiger partial charge in [-0.3, -0.25) is 0 Å². The first-order valence-electron chi connectivity index (χ1n) is 4.53. The van der Waals surface area contributed by atoms with Crippen LogP contribution in [0.3, 0.4) is 0 Å². The van der Waals surface area contributed by atoms with Crippen LogP contribution in [0.5, 0.6) is 0 Å². The number of guanidine groups is 1. The van der Waals surface area contributed by atoms with Gasteiger partial charge in [-0.25, -0.2) is 4.98 Å². The summed E-state index contributed by atoms with van der Waals surface area (Å²) < 4.78 is 1.11. The summed E-state index contributed by atoms with van der Waals surface area (Å²) in [5.74, 6) is 0.0440. The number of nitrogens with two attached hydrogens (primary N) is 2. The molecule has 78 valence electrons. The summed E-state index contributed by atoms with van der Waals surface area (Å²) in [6, 6.07) is 4.15. The monoisotopic (exact) mass is 220 g/mol. The molecule has 15 heavy (non-hydrogen) atoms. The Balaban J connectivity index is 2.61. The normalized spacial score (nSPS) is 10.5. The van der Waals surface area contributed by atoms with Gasteiger partial charge < -0.3 is 11.5 Å². The molecule has 5 heteroatoms. The van der Waals surface area contributed by atoms with Gasteiger partial charge in [0.2, 0.25) is 5.13 Å². The number of fused-ring (bicyclic) bond motifs is 1.